The van der Waals surface area contributed by atoms with Gasteiger partial charge in [0, 0.05) is 12.5 Å². The van der Waals surface area contributed by atoms with Gasteiger partial charge in [-0.15, -0.1) is 0 Å². The van der Waals surface area contributed by atoms with Gasteiger partial charge in [0.25, 0.3) is 0 Å². The lowest BCUT2D eigenvalue weighted by molar-refractivity contribution is -0.00859. The average molecular weight is 184 g/mol. The maximum Gasteiger partial charge on any atom is 0.0618 e. The Morgan fingerprint density at radius 2 is 2.00 bits per heavy atom. The summed E-state index contributed by atoms with van der Waals surface area (Å²) in [6, 6.07) is 0. The van der Waals surface area contributed by atoms with Crippen LogP contribution in [0.2, 0.25) is 0 Å². The highest BCUT2D eigenvalue weighted by Crippen LogP contribution is 2.67. The predicted octanol–water partition coefficient (Wildman–Crippen LogP) is 1.27. The highest BCUT2D eigenvalue weighted by atomic mass is 16.3. The molecule has 2 saturated carbocycles. The smallest absolute Gasteiger partial charge is 0.0618 e. The van der Waals surface area contributed by atoms with Crippen LogP contribution in [-0.2, 0) is 0 Å². The third-order valence-electron chi connectivity index (χ3n) is 4.46. The molecular formula is C11H20O2. The Balaban J connectivity index is 2.17. The number of hydrogen-bond donors (Lipinski definition) is 2. The zero-order chi connectivity index (χ0) is 9.80. The molecule has 0 aromatic carbocycles. The van der Waals surface area contributed by atoms with Gasteiger partial charge in [-0.05, 0) is 29.6 Å². The van der Waals surface area contributed by atoms with Crippen LogP contribution < -0.4 is 0 Å². The zero-order valence-corrected chi connectivity index (χ0v) is 8.70. The molecule has 0 spiro atoms. The van der Waals surface area contributed by atoms with Gasteiger partial charge in [0.2, 0.25) is 0 Å². The van der Waals surface area contributed by atoms with Crippen molar-refractivity contribution in [3.05, 3.63) is 0 Å². The van der Waals surface area contributed by atoms with E-state index in [1.807, 2.05) is 0 Å². The summed E-state index contributed by atoms with van der Waals surface area (Å²) >= 11 is 0. The summed E-state index contributed by atoms with van der Waals surface area (Å²) in [4.78, 5) is 0. The van der Waals surface area contributed by atoms with E-state index in [-0.39, 0.29) is 18.6 Å². The van der Waals surface area contributed by atoms with Gasteiger partial charge in [-0.1, -0.05) is 20.8 Å². The molecule has 0 saturated heterocycles. The van der Waals surface area contributed by atoms with Crippen molar-refractivity contribution in [1.29, 1.82) is 0 Å². The SMILES string of the molecule is C[C@@H]1C[C@H]2[C@@H]([C@H](CO)[C@H]1O)C2(C)C. The lowest BCUT2D eigenvalue weighted by Crippen LogP contribution is -2.35. The van der Waals surface area contributed by atoms with Gasteiger partial charge in [-0.2, -0.15) is 0 Å². The molecule has 5 atom stereocenters. The summed E-state index contributed by atoms with van der Waals surface area (Å²) in [7, 11) is 0. The Kier molecular flexibility index (Phi) is 1.97. The Morgan fingerprint density at radius 3 is 2.54 bits per heavy atom. The molecule has 2 rings (SSSR count). The van der Waals surface area contributed by atoms with E-state index in [4.69, 9.17) is 0 Å². The van der Waals surface area contributed by atoms with Crippen LogP contribution >= 0.6 is 0 Å². The summed E-state index contributed by atoms with van der Waals surface area (Å²) in [5.74, 6) is 1.79. The van der Waals surface area contributed by atoms with Crippen LogP contribution in [0.25, 0.3) is 0 Å². The molecule has 0 heterocycles. The summed E-state index contributed by atoms with van der Waals surface area (Å²) in [5.41, 5.74) is 0.360. The van der Waals surface area contributed by atoms with Crippen molar-refractivity contribution in [2.45, 2.75) is 33.3 Å². The molecule has 0 amide bonds. The minimum absolute atomic E-state index is 0.128. The normalized spacial score (nSPS) is 52.8. The van der Waals surface area contributed by atoms with Crippen molar-refractivity contribution in [1.82, 2.24) is 0 Å². The molecule has 0 bridgehead atoms. The quantitative estimate of drug-likeness (QED) is 0.644. The molecule has 0 aliphatic heterocycles. The van der Waals surface area contributed by atoms with Gasteiger partial charge >= 0.3 is 0 Å². The number of rotatable bonds is 1. The lowest BCUT2D eigenvalue weighted by atomic mass is 9.80. The van der Waals surface area contributed by atoms with Gasteiger partial charge in [0.05, 0.1) is 6.10 Å². The van der Waals surface area contributed by atoms with Crippen molar-refractivity contribution >= 4 is 0 Å². The van der Waals surface area contributed by atoms with Crippen LogP contribution in [0.4, 0.5) is 0 Å². The maximum absolute atomic E-state index is 9.91. The number of aliphatic hydroxyl groups excluding tert-OH is 2. The van der Waals surface area contributed by atoms with Crippen LogP contribution in [0.5, 0.6) is 0 Å². The number of aliphatic hydroxyl groups is 2. The van der Waals surface area contributed by atoms with Crippen molar-refractivity contribution in [2.24, 2.45) is 29.1 Å². The van der Waals surface area contributed by atoms with E-state index in [0.717, 1.165) is 12.3 Å². The van der Waals surface area contributed by atoms with Crippen LogP contribution in [0.15, 0.2) is 0 Å². The topological polar surface area (TPSA) is 40.5 Å². The summed E-state index contributed by atoms with van der Waals surface area (Å²) in [5, 5.41) is 19.2. The maximum atomic E-state index is 9.91. The van der Waals surface area contributed by atoms with Crippen molar-refractivity contribution in [3.8, 4) is 0 Å². The molecule has 2 N–H and O–H groups in total. The summed E-state index contributed by atoms with van der Waals surface area (Å²) in [6.07, 6.45) is 0.850. The zero-order valence-electron chi connectivity index (χ0n) is 8.70. The first kappa shape index (κ1) is 9.47. The van der Waals surface area contributed by atoms with E-state index >= 15 is 0 Å². The van der Waals surface area contributed by atoms with Crippen molar-refractivity contribution in [2.75, 3.05) is 6.61 Å². The van der Waals surface area contributed by atoms with E-state index in [1.54, 1.807) is 0 Å². The third-order valence-corrected chi connectivity index (χ3v) is 4.46. The Bertz CT molecular complexity index is 212. The molecule has 2 fully saturated rings. The minimum Gasteiger partial charge on any atom is -0.396 e. The van der Waals surface area contributed by atoms with E-state index in [1.165, 1.54) is 0 Å². The molecule has 2 aliphatic rings. The fourth-order valence-electron chi connectivity index (χ4n) is 3.48. The molecule has 2 heteroatoms. The molecule has 0 radical (unpaired) electrons. The third kappa shape index (κ3) is 1.15. The molecule has 2 aliphatic carbocycles. The lowest BCUT2D eigenvalue weighted by Gasteiger charge is -2.31. The molecule has 0 unspecified atom stereocenters. The summed E-state index contributed by atoms with van der Waals surface area (Å²) in [6.45, 7) is 6.76. The molecule has 0 aromatic rings. The average Bonchev–Trinajstić information content (AvgIpc) is 2.57. The van der Waals surface area contributed by atoms with Crippen molar-refractivity contribution in [3.63, 3.8) is 0 Å². The van der Waals surface area contributed by atoms with Crippen LogP contribution in [0, 0.1) is 29.1 Å². The highest BCUT2D eigenvalue weighted by molar-refractivity contribution is 5.12. The highest BCUT2D eigenvalue weighted by Gasteiger charge is 2.64. The Labute approximate surface area is 80.0 Å². The second kappa shape index (κ2) is 2.71. The number of fused-ring (bicyclic) bond motifs is 1. The van der Waals surface area contributed by atoms with E-state index in [2.05, 4.69) is 20.8 Å². The standard InChI is InChI=1S/C11H20O2/c1-6-4-8-9(11(8,2)3)7(5-12)10(6)13/h6-10,12-13H,4-5H2,1-3H3/t6-,7+,8+,9-,10+/m1/s1. The van der Waals surface area contributed by atoms with Crippen LogP contribution in [-0.4, -0.2) is 22.9 Å². The first-order valence-corrected chi connectivity index (χ1v) is 5.29. The van der Waals surface area contributed by atoms with Gasteiger partial charge in [-0.25, -0.2) is 0 Å². The molecule has 13 heavy (non-hydrogen) atoms. The molecule has 76 valence electrons. The van der Waals surface area contributed by atoms with Crippen molar-refractivity contribution < 1.29 is 10.2 Å². The Morgan fingerprint density at radius 1 is 1.38 bits per heavy atom. The molecular weight excluding hydrogens is 164 g/mol. The number of hydrogen-bond acceptors (Lipinski definition) is 2. The molecule has 2 nitrogen and oxygen atoms in total. The fraction of sp³-hybridized carbons (Fsp3) is 1.00. The van der Waals surface area contributed by atoms with E-state index < -0.39 is 0 Å². The minimum atomic E-state index is -0.284. The second-order valence-electron chi connectivity index (χ2n) is 5.50. The second-order valence-corrected chi connectivity index (χ2v) is 5.50. The van der Waals surface area contributed by atoms with Gasteiger partial charge in [-0.3, -0.25) is 0 Å². The van der Waals surface area contributed by atoms with Crippen LogP contribution in [0.3, 0.4) is 0 Å². The largest absolute Gasteiger partial charge is 0.396 e. The summed E-state index contributed by atoms with van der Waals surface area (Å²) < 4.78 is 0. The van der Waals surface area contributed by atoms with Gasteiger partial charge in [0.1, 0.15) is 0 Å². The molecule has 0 aromatic heterocycles. The monoisotopic (exact) mass is 184 g/mol. The fourth-order valence-corrected chi connectivity index (χ4v) is 3.48. The van der Waals surface area contributed by atoms with Gasteiger partial charge in [0.15, 0.2) is 0 Å². The first-order valence-electron chi connectivity index (χ1n) is 5.29. The predicted molar refractivity (Wildman–Crippen MR) is 51.1 cm³/mol. The van der Waals surface area contributed by atoms with E-state index in [0.29, 0.717) is 17.3 Å². The van der Waals surface area contributed by atoms with Gasteiger partial charge < -0.3 is 10.2 Å². The van der Waals surface area contributed by atoms with E-state index in [9.17, 15) is 10.2 Å². The Hall–Kier alpha value is -0.0800. The first-order chi connectivity index (χ1) is 6.00. The van der Waals surface area contributed by atoms with Crippen LogP contribution in [0.1, 0.15) is 27.2 Å².